The number of benzene rings is 1. The van der Waals surface area contributed by atoms with Crippen LogP contribution in [0.5, 0.6) is 11.5 Å². The lowest BCUT2D eigenvalue weighted by molar-refractivity contribution is -0.122. The van der Waals surface area contributed by atoms with Crippen LogP contribution in [0.15, 0.2) is 48.8 Å². The van der Waals surface area contributed by atoms with Crippen molar-refractivity contribution in [2.45, 2.75) is 18.4 Å². The largest absolute Gasteiger partial charge is 0.486 e. The number of aromatic nitrogens is 1. The van der Waals surface area contributed by atoms with Crippen LogP contribution in [0.3, 0.4) is 0 Å². The quantitative estimate of drug-likeness (QED) is 0.940. The summed E-state index contributed by atoms with van der Waals surface area (Å²) in [5, 5.41) is 2.99. The van der Waals surface area contributed by atoms with Crippen LogP contribution in [0.1, 0.15) is 17.9 Å². The number of pyridine rings is 1. The zero-order valence-electron chi connectivity index (χ0n) is 12.6. The molecule has 1 saturated carbocycles. The maximum atomic E-state index is 12.3. The Balaban J connectivity index is 1.29. The molecule has 1 N–H and O–H groups in total. The molecular weight excluding hydrogens is 292 g/mol. The monoisotopic (exact) mass is 310 g/mol. The van der Waals surface area contributed by atoms with Gasteiger partial charge in [-0.05, 0) is 42.2 Å². The van der Waals surface area contributed by atoms with E-state index in [0.717, 1.165) is 17.9 Å². The summed E-state index contributed by atoms with van der Waals surface area (Å²) in [6.45, 7) is 0.919. The van der Waals surface area contributed by atoms with E-state index in [1.165, 1.54) is 5.56 Å². The summed E-state index contributed by atoms with van der Waals surface area (Å²) in [6, 6.07) is 11.5. The highest BCUT2D eigenvalue weighted by atomic mass is 16.6. The van der Waals surface area contributed by atoms with Gasteiger partial charge in [-0.15, -0.1) is 0 Å². The fourth-order valence-corrected chi connectivity index (χ4v) is 2.97. The smallest absolute Gasteiger partial charge is 0.223 e. The number of ether oxygens (including phenoxy) is 2. The first-order valence-corrected chi connectivity index (χ1v) is 7.87. The molecule has 0 spiro atoms. The van der Waals surface area contributed by atoms with Crippen molar-refractivity contribution < 1.29 is 14.3 Å². The van der Waals surface area contributed by atoms with Crippen molar-refractivity contribution in [2.75, 3.05) is 13.2 Å². The molecule has 1 aromatic carbocycles. The second-order valence-electron chi connectivity index (χ2n) is 5.97. The third-order valence-corrected chi connectivity index (χ3v) is 4.33. The van der Waals surface area contributed by atoms with Crippen molar-refractivity contribution in [2.24, 2.45) is 5.92 Å². The Bertz CT molecular complexity index is 704. The van der Waals surface area contributed by atoms with E-state index in [1.54, 1.807) is 12.4 Å². The Labute approximate surface area is 134 Å². The zero-order chi connectivity index (χ0) is 15.6. The molecule has 0 radical (unpaired) electrons. The van der Waals surface area contributed by atoms with Crippen molar-refractivity contribution in [1.29, 1.82) is 0 Å². The summed E-state index contributed by atoms with van der Waals surface area (Å²) in [5.41, 5.74) is 1.19. The fourth-order valence-electron chi connectivity index (χ4n) is 2.97. The van der Waals surface area contributed by atoms with Gasteiger partial charge < -0.3 is 14.8 Å². The van der Waals surface area contributed by atoms with Gasteiger partial charge in [-0.1, -0.05) is 12.1 Å². The number of amides is 1. The summed E-state index contributed by atoms with van der Waals surface area (Å²) < 4.78 is 11.5. The van der Waals surface area contributed by atoms with Gasteiger partial charge in [0.05, 0.1) is 6.54 Å². The molecule has 2 aliphatic rings. The van der Waals surface area contributed by atoms with E-state index in [-0.39, 0.29) is 17.9 Å². The van der Waals surface area contributed by atoms with Crippen molar-refractivity contribution >= 4 is 5.91 Å². The molecule has 2 heterocycles. The topological polar surface area (TPSA) is 60.5 Å². The van der Waals surface area contributed by atoms with E-state index >= 15 is 0 Å². The molecule has 1 aromatic heterocycles. The maximum Gasteiger partial charge on any atom is 0.223 e. The first kappa shape index (κ1) is 14.1. The van der Waals surface area contributed by atoms with Gasteiger partial charge in [0.25, 0.3) is 0 Å². The maximum absolute atomic E-state index is 12.3. The SMILES string of the molecule is O=C(NCC1COc2ccccc2O1)[C@@H]1C[C@H]1c1ccncc1. The predicted molar refractivity (Wildman–Crippen MR) is 84.4 cm³/mol. The van der Waals surface area contributed by atoms with Crippen molar-refractivity contribution in [3.05, 3.63) is 54.4 Å². The Morgan fingerprint density at radius 1 is 1.17 bits per heavy atom. The lowest BCUT2D eigenvalue weighted by atomic mass is 10.1. The van der Waals surface area contributed by atoms with Crippen LogP contribution in [0.25, 0.3) is 0 Å². The average molecular weight is 310 g/mol. The highest BCUT2D eigenvalue weighted by molar-refractivity contribution is 5.82. The number of hydrogen-bond acceptors (Lipinski definition) is 4. The number of carbonyl (C=O) groups is 1. The van der Waals surface area contributed by atoms with Crippen LogP contribution >= 0.6 is 0 Å². The third-order valence-electron chi connectivity index (χ3n) is 4.33. The summed E-state index contributed by atoms with van der Waals surface area (Å²) in [7, 11) is 0. The van der Waals surface area contributed by atoms with Gasteiger partial charge in [-0.25, -0.2) is 0 Å². The molecule has 3 atom stereocenters. The Morgan fingerprint density at radius 3 is 2.78 bits per heavy atom. The number of nitrogens with zero attached hydrogens (tertiary/aromatic N) is 1. The Kier molecular flexibility index (Phi) is 3.61. The Hall–Kier alpha value is -2.56. The molecular formula is C18H18N2O3. The van der Waals surface area contributed by atoms with Crippen LogP contribution in [-0.4, -0.2) is 30.1 Å². The van der Waals surface area contributed by atoms with Gasteiger partial charge in [0, 0.05) is 18.3 Å². The second kappa shape index (κ2) is 5.91. The molecule has 4 rings (SSSR count). The molecule has 0 bridgehead atoms. The van der Waals surface area contributed by atoms with Gasteiger partial charge in [-0.2, -0.15) is 0 Å². The zero-order valence-corrected chi connectivity index (χ0v) is 12.6. The number of nitrogens with one attached hydrogen (secondary N) is 1. The highest BCUT2D eigenvalue weighted by Gasteiger charge is 2.43. The molecule has 118 valence electrons. The minimum absolute atomic E-state index is 0.0641. The molecule has 5 nitrogen and oxygen atoms in total. The van der Waals surface area contributed by atoms with Gasteiger partial charge >= 0.3 is 0 Å². The lowest BCUT2D eigenvalue weighted by Crippen LogP contribution is -2.41. The number of hydrogen-bond donors (Lipinski definition) is 1. The molecule has 0 saturated heterocycles. The predicted octanol–water partition coefficient (Wildman–Crippen LogP) is 2.14. The van der Waals surface area contributed by atoms with E-state index in [1.807, 2.05) is 36.4 Å². The summed E-state index contributed by atoms with van der Waals surface area (Å²) >= 11 is 0. The lowest BCUT2D eigenvalue weighted by Gasteiger charge is -2.26. The first-order valence-electron chi connectivity index (χ1n) is 7.87. The fraction of sp³-hybridized carbons (Fsp3) is 0.333. The minimum atomic E-state index is -0.146. The van der Waals surface area contributed by atoms with E-state index < -0.39 is 0 Å². The third kappa shape index (κ3) is 2.99. The van der Waals surface area contributed by atoms with E-state index in [9.17, 15) is 4.79 Å². The Morgan fingerprint density at radius 2 is 1.96 bits per heavy atom. The van der Waals surface area contributed by atoms with Crippen LogP contribution in [0.4, 0.5) is 0 Å². The van der Waals surface area contributed by atoms with Crippen LogP contribution in [0, 0.1) is 5.92 Å². The molecule has 23 heavy (non-hydrogen) atoms. The van der Waals surface area contributed by atoms with Gasteiger partial charge in [0.2, 0.25) is 5.91 Å². The number of carbonyl (C=O) groups excluding carboxylic acids is 1. The van der Waals surface area contributed by atoms with Crippen molar-refractivity contribution in [1.82, 2.24) is 10.3 Å². The number of rotatable bonds is 4. The van der Waals surface area contributed by atoms with E-state index in [2.05, 4.69) is 10.3 Å². The molecule has 1 amide bonds. The van der Waals surface area contributed by atoms with Crippen molar-refractivity contribution in [3.8, 4) is 11.5 Å². The van der Waals surface area contributed by atoms with Gasteiger partial charge in [0.1, 0.15) is 12.7 Å². The average Bonchev–Trinajstić information content (AvgIpc) is 3.41. The van der Waals surface area contributed by atoms with E-state index in [0.29, 0.717) is 19.1 Å². The van der Waals surface area contributed by atoms with Crippen molar-refractivity contribution in [3.63, 3.8) is 0 Å². The van der Waals surface area contributed by atoms with E-state index in [4.69, 9.17) is 9.47 Å². The molecule has 2 aromatic rings. The van der Waals surface area contributed by atoms with Crippen LogP contribution in [-0.2, 0) is 4.79 Å². The highest BCUT2D eigenvalue weighted by Crippen LogP contribution is 2.47. The molecule has 1 aliphatic heterocycles. The molecule has 5 heteroatoms. The molecule has 1 aliphatic carbocycles. The minimum Gasteiger partial charge on any atom is -0.486 e. The number of fused-ring (bicyclic) bond motifs is 1. The van der Waals surface area contributed by atoms with Gasteiger partial charge in [0.15, 0.2) is 11.5 Å². The summed E-state index contributed by atoms with van der Waals surface area (Å²) in [4.78, 5) is 16.3. The normalized spacial score (nSPS) is 24.8. The number of para-hydroxylation sites is 2. The van der Waals surface area contributed by atoms with Crippen LogP contribution < -0.4 is 14.8 Å². The molecule has 1 fully saturated rings. The second-order valence-corrected chi connectivity index (χ2v) is 5.97. The summed E-state index contributed by atoms with van der Waals surface area (Å²) in [5.74, 6) is 1.97. The first-order chi connectivity index (χ1) is 11.3. The standard InChI is InChI=1S/C18H18N2O3/c21-18(15-9-14(15)12-5-7-19-8-6-12)20-10-13-11-22-16-3-1-2-4-17(16)23-13/h1-8,13-15H,9-11H2,(H,20,21)/t13?,14-,15+/m0/s1. The summed E-state index contributed by atoms with van der Waals surface area (Å²) in [6.07, 6.45) is 4.30. The molecule has 1 unspecified atom stereocenters. The van der Waals surface area contributed by atoms with Gasteiger partial charge in [-0.3, -0.25) is 9.78 Å². The van der Waals surface area contributed by atoms with Crippen LogP contribution in [0.2, 0.25) is 0 Å².